The molecule has 0 bridgehead atoms. The zero-order valence-electron chi connectivity index (χ0n) is 10.2. The molecule has 2 aliphatic rings. The minimum atomic E-state index is 0.766. The van der Waals surface area contributed by atoms with Crippen molar-refractivity contribution in [2.75, 3.05) is 40.3 Å². The number of likely N-dealkylation sites (N-methyl/N-ethyl adjacent to an activating group) is 1. The lowest BCUT2D eigenvalue weighted by atomic mass is 9.99. The molecule has 0 aliphatic carbocycles. The highest BCUT2D eigenvalue weighted by Gasteiger charge is 2.26. The molecule has 2 fully saturated rings. The minimum absolute atomic E-state index is 0.766. The van der Waals surface area contributed by atoms with E-state index in [4.69, 9.17) is 0 Å². The van der Waals surface area contributed by atoms with E-state index in [1.165, 1.54) is 51.9 Å². The number of piperidine rings is 2. The summed E-state index contributed by atoms with van der Waals surface area (Å²) in [6, 6.07) is 1.60. The van der Waals surface area contributed by atoms with Crippen LogP contribution in [-0.2, 0) is 0 Å². The Morgan fingerprint density at radius 3 is 2.40 bits per heavy atom. The Balaban J connectivity index is 1.79. The second-order valence-corrected chi connectivity index (χ2v) is 5.16. The third kappa shape index (κ3) is 2.92. The first-order valence-corrected chi connectivity index (χ1v) is 6.39. The van der Waals surface area contributed by atoms with E-state index < -0.39 is 0 Å². The van der Waals surface area contributed by atoms with Crippen molar-refractivity contribution >= 4 is 0 Å². The van der Waals surface area contributed by atoms with E-state index in [1.54, 1.807) is 0 Å². The van der Waals surface area contributed by atoms with Gasteiger partial charge in [-0.15, -0.1) is 0 Å². The van der Waals surface area contributed by atoms with Crippen LogP contribution < -0.4 is 5.32 Å². The van der Waals surface area contributed by atoms with Crippen LogP contribution in [-0.4, -0.2) is 62.2 Å². The van der Waals surface area contributed by atoms with Gasteiger partial charge in [0.2, 0.25) is 0 Å². The first kappa shape index (κ1) is 11.4. The molecule has 88 valence electrons. The highest BCUT2D eigenvalue weighted by molar-refractivity contribution is 4.84. The topological polar surface area (TPSA) is 18.5 Å². The van der Waals surface area contributed by atoms with Gasteiger partial charge in [0.15, 0.2) is 0 Å². The quantitative estimate of drug-likeness (QED) is 0.728. The second kappa shape index (κ2) is 5.28. The maximum atomic E-state index is 3.40. The predicted molar refractivity (Wildman–Crippen MR) is 64.2 cm³/mol. The maximum Gasteiger partial charge on any atom is 0.0223 e. The van der Waals surface area contributed by atoms with Gasteiger partial charge in [-0.05, 0) is 59.4 Å². The third-order valence-electron chi connectivity index (χ3n) is 4.05. The summed E-state index contributed by atoms with van der Waals surface area (Å²) in [5, 5.41) is 3.40. The molecular weight excluding hydrogens is 186 g/mol. The first-order chi connectivity index (χ1) is 7.29. The van der Waals surface area contributed by atoms with Crippen molar-refractivity contribution in [3.05, 3.63) is 0 Å². The summed E-state index contributed by atoms with van der Waals surface area (Å²) in [4.78, 5) is 5.20. The van der Waals surface area contributed by atoms with E-state index in [1.807, 2.05) is 0 Å². The molecule has 2 aliphatic heterocycles. The van der Waals surface area contributed by atoms with Crippen LogP contribution in [0.1, 0.15) is 25.7 Å². The smallest absolute Gasteiger partial charge is 0.0223 e. The second-order valence-electron chi connectivity index (χ2n) is 5.16. The van der Waals surface area contributed by atoms with Crippen LogP contribution in [0.25, 0.3) is 0 Å². The van der Waals surface area contributed by atoms with Crippen LogP contribution in [0, 0.1) is 0 Å². The molecule has 1 atom stereocenters. The highest BCUT2D eigenvalue weighted by atomic mass is 15.2. The standard InChI is InChI=1S/C12H25N3/c1-13-11-5-8-15(9-6-11)12-4-3-7-14(2)10-12/h11-13H,3-10H2,1-2H3. The van der Waals surface area contributed by atoms with E-state index in [2.05, 4.69) is 29.2 Å². The Morgan fingerprint density at radius 1 is 1.07 bits per heavy atom. The van der Waals surface area contributed by atoms with Crippen molar-refractivity contribution in [1.82, 2.24) is 15.1 Å². The molecule has 0 radical (unpaired) electrons. The van der Waals surface area contributed by atoms with Gasteiger partial charge in [0.25, 0.3) is 0 Å². The summed E-state index contributed by atoms with van der Waals surface area (Å²) in [5.41, 5.74) is 0. The van der Waals surface area contributed by atoms with Crippen molar-refractivity contribution in [3.63, 3.8) is 0 Å². The summed E-state index contributed by atoms with van der Waals surface area (Å²) >= 11 is 0. The van der Waals surface area contributed by atoms with Gasteiger partial charge in [-0.1, -0.05) is 0 Å². The minimum Gasteiger partial charge on any atom is -0.317 e. The molecule has 2 saturated heterocycles. The number of rotatable bonds is 2. The molecule has 3 heteroatoms. The molecular formula is C12H25N3. The number of hydrogen-bond donors (Lipinski definition) is 1. The number of nitrogens with one attached hydrogen (secondary N) is 1. The fourth-order valence-corrected chi connectivity index (χ4v) is 2.99. The van der Waals surface area contributed by atoms with Gasteiger partial charge in [0, 0.05) is 18.6 Å². The van der Waals surface area contributed by atoms with Crippen LogP contribution in [0.3, 0.4) is 0 Å². The summed E-state index contributed by atoms with van der Waals surface area (Å²) in [6.07, 6.45) is 5.45. The van der Waals surface area contributed by atoms with Crippen LogP contribution in [0.2, 0.25) is 0 Å². The van der Waals surface area contributed by atoms with Crippen molar-refractivity contribution in [2.24, 2.45) is 0 Å². The predicted octanol–water partition coefficient (Wildman–Crippen LogP) is 0.764. The van der Waals surface area contributed by atoms with E-state index in [-0.39, 0.29) is 0 Å². The van der Waals surface area contributed by atoms with Gasteiger partial charge in [-0.25, -0.2) is 0 Å². The van der Waals surface area contributed by atoms with Crippen molar-refractivity contribution < 1.29 is 0 Å². The molecule has 15 heavy (non-hydrogen) atoms. The Bertz CT molecular complexity index is 187. The summed E-state index contributed by atoms with van der Waals surface area (Å²) < 4.78 is 0. The molecule has 0 saturated carbocycles. The molecule has 2 rings (SSSR count). The van der Waals surface area contributed by atoms with Crippen molar-refractivity contribution in [1.29, 1.82) is 0 Å². The summed E-state index contributed by atoms with van der Waals surface area (Å²) in [5.74, 6) is 0. The third-order valence-corrected chi connectivity index (χ3v) is 4.05. The Morgan fingerprint density at radius 2 is 1.80 bits per heavy atom. The van der Waals surface area contributed by atoms with Crippen LogP contribution in [0.5, 0.6) is 0 Å². The van der Waals surface area contributed by atoms with E-state index >= 15 is 0 Å². The molecule has 0 amide bonds. The number of likely N-dealkylation sites (tertiary alicyclic amines) is 2. The van der Waals surface area contributed by atoms with Crippen molar-refractivity contribution in [2.45, 2.75) is 37.8 Å². The average molecular weight is 211 g/mol. The fourth-order valence-electron chi connectivity index (χ4n) is 2.99. The molecule has 0 spiro atoms. The molecule has 0 aromatic carbocycles. The lowest BCUT2D eigenvalue weighted by Gasteiger charge is -2.41. The normalized spacial score (nSPS) is 32.0. The van der Waals surface area contributed by atoms with Gasteiger partial charge < -0.3 is 10.2 Å². The van der Waals surface area contributed by atoms with Gasteiger partial charge in [-0.3, -0.25) is 4.90 Å². The maximum absolute atomic E-state index is 3.40. The lowest BCUT2D eigenvalue weighted by molar-refractivity contribution is 0.0862. The monoisotopic (exact) mass is 211 g/mol. The zero-order valence-corrected chi connectivity index (χ0v) is 10.2. The van der Waals surface area contributed by atoms with Gasteiger partial charge >= 0.3 is 0 Å². The molecule has 2 heterocycles. The van der Waals surface area contributed by atoms with E-state index in [0.717, 1.165) is 12.1 Å². The van der Waals surface area contributed by atoms with E-state index in [9.17, 15) is 0 Å². The molecule has 1 N–H and O–H groups in total. The number of hydrogen-bond acceptors (Lipinski definition) is 3. The summed E-state index contributed by atoms with van der Waals surface area (Å²) in [7, 11) is 4.35. The van der Waals surface area contributed by atoms with Gasteiger partial charge in [0.1, 0.15) is 0 Å². The van der Waals surface area contributed by atoms with Crippen LogP contribution in [0.4, 0.5) is 0 Å². The van der Waals surface area contributed by atoms with E-state index in [0.29, 0.717) is 0 Å². The van der Waals surface area contributed by atoms with Crippen LogP contribution >= 0.6 is 0 Å². The van der Waals surface area contributed by atoms with Crippen molar-refractivity contribution in [3.8, 4) is 0 Å². The average Bonchev–Trinajstić information content (AvgIpc) is 2.29. The van der Waals surface area contributed by atoms with Crippen LogP contribution in [0.15, 0.2) is 0 Å². The lowest BCUT2D eigenvalue weighted by Crippen LogP contribution is -2.51. The largest absolute Gasteiger partial charge is 0.317 e. The van der Waals surface area contributed by atoms with Gasteiger partial charge in [-0.2, -0.15) is 0 Å². The fraction of sp³-hybridized carbons (Fsp3) is 1.00. The SMILES string of the molecule is CNC1CCN(C2CCCN(C)C2)CC1. The highest BCUT2D eigenvalue weighted by Crippen LogP contribution is 2.19. The molecule has 0 aromatic rings. The Hall–Kier alpha value is -0.120. The summed E-state index contributed by atoms with van der Waals surface area (Å²) in [6.45, 7) is 5.17. The van der Waals surface area contributed by atoms with Gasteiger partial charge in [0.05, 0.1) is 0 Å². The number of nitrogens with zero attached hydrogens (tertiary/aromatic N) is 2. The first-order valence-electron chi connectivity index (χ1n) is 6.39. The Labute approximate surface area is 93.8 Å². The molecule has 3 nitrogen and oxygen atoms in total. The molecule has 0 aromatic heterocycles. The Kier molecular flexibility index (Phi) is 4.00. The molecule has 1 unspecified atom stereocenters. The zero-order chi connectivity index (χ0) is 10.7.